The molecule has 0 bridgehead atoms. The number of carbonyl (C=O) groups excluding carboxylic acids is 1. The molecular formula is C11H12N2O2S2. The normalized spacial score (nSPS) is 10.8. The van der Waals surface area contributed by atoms with Crippen molar-refractivity contribution in [3.05, 3.63) is 20.9 Å². The van der Waals surface area contributed by atoms with Crippen LogP contribution in [-0.2, 0) is 4.74 Å². The van der Waals surface area contributed by atoms with E-state index >= 15 is 0 Å². The van der Waals surface area contributed by atoms with E-state index in [2.05, 4.69) is 9.97 Å². The van der Waals surface area contributed by atoms with E-state index in [4.69, 9.17) is 17.0 Å². The molecular weight excluding hydrogens is 256 g/mol. The van der Waals surface area contributed by atoms with E-state index in [1.54, 1.807) is 6.92 Å². The van der Waals surface area contributed by atoms with Crippen molar-refractivity contribution in [3.63, 3.8) is 0 Å². The molecule has 0 saturated carbocycles. The Balaban J connectivity index is 2.64. The van der Waals surface area contributed by atoms with Crippen LogP contribution in [0.1, 0.15) is 28.0 Å². The lowest BCUT2D eigenvalue weighted by atomic mass is 10.2. The minimum absolute atomic E-state index is 0.172. The van der Waals surface area contributed by atoms with Crippen LogP contribution in [0.4, 0.5) is 0 Å². The number of aryl methyl sites for hydroxylation is 2. The third-order valence-corrected chi connectivity index (χ3v) is 3.92. The molecule has 0 aromatic carbocycles. The molecule has 0 atom stereocenters. The number of aromatic nitrogens is 2. The number of fused-ring (bicyclic) bond motifs is 1. The molecule has 0 aliphatic rings. The van der Waals surface area contributed by atoms with Crippen LogP contribution in [0.25, 0.3) is 10.2 Å². The van der Waals surface area contributed by atoms with Gasteiger partial charge >= 0.3 is 5.97 Å². The van der Waals surface area contributed by atoms with Crippen molar-refractivity contribution < 1.29 is 9.53 Å². The Labute approximate surface area is 108 Å². The third-order valence-electron chi connectivity index (χ3n) is 2.51. The van der Waals surface area contributed by atoms with Gasteiger partial charge in [0.15, 0.2) is 0 Å². The average Bonchev–Trinajstić information content (AvgIpc) is 2.55. The third kappa shape index (κ3) is 2.10. The van der Waals surface area contributed by atoms with Crippen LogP contribution >= 0.6 is 23.6 Å². The van der Waals surface area contributed by atoms with Gasteiger partial charge in [-0.05, 0) is 26.3 Å². The Morgan fingerprint density at radius 1 is 1.53 bits per heavy atom. The highest BCUT2D eigenvalue weighted by Gasteiger charge is 2.14. The number of H-pyrrole nitrogens is 1. The van der Waals surface area contributed by atoms with Crippen molar-refractivity contribution in [2.75, 3.05) is 6.61 Å². The molecule has 1 N–H and O–H groups in total. The lowest BCUT2D eigenvalue weighted by Crippen LogP contribution is -2.09. The highest BCUT2D eigenvalue weighted by Crippen LogP contribution is 2.28. The molecule has 0 fully saturated rings. The van der Waals surface area contributed by atoms with Gasteiger partial charge in [0.1, 0.15) is 9.47 Å². The summed E-state index contributed by atoms with van der Waals surface area (Å²) < 4.78 is 5.44. The van der Waals surface area contributed by atoms with Gasteiger partial charge in [-0.3, -0.25) is 0 Å². The van der Waals surface area contributed by atoms with Gasteiger partial charge in [0, 0.05) is 10.3 Å². The molecule has 90 valence electrons. The van der Waals surface area contributed by atoms with E-state index in [0.717, 1.165) is 20.7 Å². The highest BCUT2D eigenvalue weighted by atomic mass is 32.1. The maximum Gasteiger partial charge on any atom is 0.374 e. The Hall–Kier alpha value is -1.27. The van der Waals surface area contributed by atoms with Crippen molar-refractivity contribution in [1.82, 2.24) is 9.97 Å². The van der Waals surface area contributed by atoms with Gasteiger partial charge in [-0.25, -0.2) is 9.78 Å². The minimum Gasteiger partial charge on any atom is -0.460 e. The van der Waals surface area contributed by atoms with Crippen LogP contribution in [0.5, 0.6) is 0 Å². The minimum atomic E-state index is -0.468. The number of hydrogen-bond donors (Lipinski definition) is 1. The lowest BCUT2D eigenvalue weighted by Gasteiger charge is -2.01. The molecule has 0 saturated heterocycles. The molecule has 0 aliphatic heterocycles. The van der Waals surface area contributed by atoms with Crippen molar-refractivity contribution in [2.45, 2.75) is 20.8 Å². The first-order valence-electron chi connectivity index (χ1n) is 5.21. The Kier molecular flexibility index (Phi) is 3.26. The van der Waals surface area contributed by atoms with Gasteiger partial charge in [0.25, 0.3) is 0 Å². The molecule has 0 unspecified atom stereocenters. The largest absolute Gasteiger partial charge is 0.460 e. The monoisotopic (exact) mass is 268 g/mol. The number of esters is 1. The average molecular weight is 268 g/mol. The summed E-state index contributed by atoms with van der Waals surface area (Å²) in [5, 5.41) is 0.926. The van der Waals surface area contributed by atoms with Crippen LogP contribution in [-0.4, -0.2) is 22.5 Å². The highest BCUT2D eigenvalue weighted by molar-refractivity contribution is 7.71. The predicted octanol–water partition coefficient (Wildman–Crippen LogP) is 3.15. The zero-order chi connectivity index (χ0) is 12.6. The standard InChI is InChI=1S/C11H12N2O2S2/c1-4-15-11(14)8-12-9(16)7-5(2)6(3)17-10(7)13-8/h4H2,1-3H3,(H,12,13,16). The summed E-state index contributed by atoms with van der Waals surface area (Å²) in [6.45, 7) is 6.09. The van der Waals surface area contributed by atoms with Crippen molar-refractivity contribution in [3.8, 4) is 0 Å². The van der Waals surface area contributed by atoms with E-state index < -0.39 is 5.97 Å². The molecule has 0 aliphatic carbocycles. The van der Waals surface area contributed by atoms with Crippen molar-refractivity contribution in [2.24, 2.45) is 0 Å². The zero-order valence-corrected chi connectivity index (χ0v) is 11.4. The predicted molar refractivity (Wildman–Crippen MR) is 70.2 cm³/mol. The van der Waals surface area contributed by atoms with Crippen molar-refractivity contribution >= 4 is 39.7 Å². The van der Waals surface area contributed by atoms with Crippen molar-refractivity contribution in [1.29, 1.82) is 0 Å². The number of thiophene rings is 1. The summed E-state index contributed by atoms with van der Waals surface area (Å²) >= 11 is 6.79. The second-order valence-corrected chi connectivity index (χ2v) is 5.21. The van der Waals surface area contributed by atoms with Gasteiger partial charge in [-0.2, -0.15) is 0 Å². The lowest BCUT2D eigenvalue weighted by molar-refractivity contribution is 0.0512. The fourth-order valence-electron chi connectivity index (χ4n) is 1.55. The van der Waals surface area contributed by atoms with E-state index in [1.807, 2.05) is 13.8 Å². The molecule has 2 aromatic heterocycles. The topological polar surface area (TPSA) is 55.0 Å². The van der Waals surface area contributed by atoms with Crippen LogP contribution in [0.3, 0.4) is 0 Å². The molecule has 4 nitrogen and oxygen atoms in total. The Morgan fingerprint density at radius 2 is 2.24 bits per heavy atom. The van der Waals surface area contributed by atoms with E-state index in [1.165, 1.54) is 11.3 Å². The van der Waals surface area contributed by atoms with Crippen LogP contribution in [0, 0.1) is 18.5 Å². The number of ether oxygens (including phenoxy) is 1. The fraction of sp³-hybridized carbons (Fsp3) is 0.364. The molecule has 17 heavy (non-hydrogen) atoms. The van der Waals surface area contributed by atoms with E-state index in [-0.39, 0.29) is 5.82 Å². The molecule has 2 heterocycles. The summed E-state index contributed by atoms with van der Waals surface area (Å²) in [4.78, 5) is 20.6. The molecule has 2 rings (SSSR count). The second kappa shape index (κ2) is 4.54. The van der Waals surface area contributed by atoms with Crippen LogP contribution < -0.4 is 0 Å². The Bertz CT molecular complexity index is 643. The first kappa shape index (κ1) is 12.2. The van der Waals surface area contributed by atoms with Gasteiger partial charge in [-0.15, -0.1) is 11.3 Å². The summed E-state index contributed by atoms with van der Waals surface area (Å²) in [7, 11) is 0. The van der Waals surface area contributed by atoms with Gasteiger partial charge < -0.3 is 9.72 Å². The van der Waals surface area contributed by atoms with Gasteiger partial charge in [0.05, 0.1) is 6.61 Å². The quantitative estimate of drug-likeness (QED) is 0.671. The van der Waals surface area contributed by atoms with E-state index in [9.17, 15) is 4.79 Å². The number of aromatic amines is 1. The second-order valence-electron chi connectivity index (χ2n) is 3.60. The first-order chi connectivity index (χ1) is 8.04. The fourth-order valence-corrected chi connectivity index (χ4v) is 3.00. The summed E-state index contributed by atoms with van der Waals surface area (Å²) in [5.41, 5.74) is 1.12. The maximum absolute atomic E-state index is 11.6. The number of carbonyl (C=O) groups is 1. The molecule has 6 heteroatoms. The smallest absolute Gasteiger partial charge is 0.374 e. The molecule has 0 amide bonds. The van der Waals surface area contributed by atoms with Gasteiger partial charge in [-0.1, -0.05) is 12.2 Å². The number of nitrogens with one attached hydrogen (secondary N) is 1. The molecule has 2 aromatic rings. The summed E-state index contributed by atoms with van der Waals surface area (Å²) in [6, 6.07) is 0. The number of rotatable bonds is 2. The van der Waals surface area contributed by atoms with Gasteiger partial charge in [0.2, 0.25) is 5.82 Å². The van der Waals surface area contributed by atoms with Crippen LogP contribution in [0.2, 0.25) is 0 Å². The van der Waals surface area contributed by atoms with Crippen LogP contribution in [0.15, 0.2) is 0 Å². The first-order valence-corrected chi connectivity index (χ1v) is 6.44. The summed E-state index contributed by atoms with van der Waals surface area (Å²) in [5.74, 6) is -0.296. The zero-order valence-electron chi connectivity index (χ0n) is 9.79. The molecule has 0 radical (unpaired) electrons. The maximum atomic E-state index is 11.6. The summed E-state index contributed by atoms with van der Waals surface area (Å²) in [6.07, 6.45) is 0. The SMILES string of the molecule is CCOC(=O)c1nc2sc(C)c(C)c2c(=S)[nH]1. The Morgan fingerprint density at radius 3 is 2.88 bits per heavy atom. The number of nitrogens with zero attached hydrogens (tertiary/aromatic N) is 1. The number of hydrogen-bond acceptors (Lipinski definition) is 5. The van der Waals surface area contributed by atoms with E-state index in [0.29, 0.717) is 11.2 Å². The molecule has 0 spiro atoms.